The van der Waals surface area contributed by atoms with E-state index in [0.717, 1.165) is 10.5 Å². The fourth-order valence-corrected chi connectivity index (χ4v) is 5.18. The summed E-state index contributed by atoms with van der Waals surface area (Å²) in [5.41, 5.74) is 2.94. The van der Waals surface area contributed by atoms with E-state index in [1.165, 1.54) is 24.8 Å². The summed E-state index contributed by atoms with van der Waals surface area (Å²) < 4.78 is 0. The average Bonchev–Trinajstić information content (AvgIpc) is 2.88. The predicted octanol–water partition coefficient (Wildman–Crippen LogP) is 7.68. The van der Waals surface area contributed by atoms with Gasteiger partial charge in [0.1, 0.15) is 5.25 Å². The second-order valence-corrected chi connectivity index (χ2v) is 10.3. The van der Waals surface area contributed by atoms with Crippen molar-refractivity contribution in [3.8, 4) is 0 Å². The van der Waals surface area contributed by atoms with Crippen molar-refractivity contribution >= 4 is 69.7 Å². The van der Waals surface area contributed by atoms with Gasteiger partial charge >= 0.3 is 0 Å². The standard InChI is InChI=1S/C29H23Cl2N3O3S/c1-18(35)32-21-11-13-22(14-12-21)33-29(37)27(19-6-3-2-4-7-19)38-24-9-5-8-23(17-24)34-28(36)25-15-10-20(30)16-26(25)31/h2-17,27H,1H3,(H,32,35)(H,33,37)(H,34,36). The molecule has 0 heterocycles. The van der Waals surface area contributed by atoms with E-state index in [9.17, 15) is 14.4 Å². The van der Waals surface area contributed by atoms with Gasteiger partial charge in [-0.25, -0.2) is 0 Å². The van der Waals surface area contributed by atoms with Crippen molar-refractivity contribution in [3.63, 3.8) is 0 Å². The van der Waals surface area contributed by atoms with Crippen LogP contribution in [0.5, 0.6) is 0 Å². The van der Waals surface area contributed by atoms with E-state index < -0.39 is 5.25 Å². The Kier molecular flexibility index (Phi) is 9.07. The third-order valence-corrected chi connectivity index (χ3v) is 7.13. The molecule has 0 spiro atoms. The maximum absolute atomic E-state index is 13.4. The molecular weight excluding hydrogens is 541 g/mol. The number of hydrogen-bond acceptors (Lipinski definition) is 4. The molecule has 0 aliphatic rings. The topological polar surface area (TPSA) is 87.3 Å². The van der Waals surface area contributed by atoms with Crippen LogP contribution in [0, 0.1) is 0 Å². The van der Waals surface area contributed by atoms with Crippen molar-refractivity contribution in [1.82, 2.24) is 0 Å². The molecule has 1 atom stereocenters. The summed E-state index contributed by atoms with van der Waals surface area (Å²) in [4.78, 5) is 38.2. The first-order valence-corrected chi connectivity index (χ1v) is 13.2. The second-order valence-electron chi connectivity index (χ2n) is 8.26. The molecule has 4 rings (SSSR count). The van der Waals surface area contributed by atoms with Gasteiger partial charge in [-0.05, 0) is 66.2 Å². The van der Waals surface area contributed by atoms with Crippen LogP contribution in [-0.2, 0) is 9.59 Å². The lowest BCUT2D eigenvalue weighted by Crippen LogP contribution is -2.19. The lowest BCUT2D eigenvalue weighted by Gasteiger charge is -2.18. The normalized spacial score (nSPS) is 11.3. The van der Waals surface area contributed by atoms with Gasteiger partial charge in [0.05, 0.1) is 10.6 Å². The van der Waals surface area contributed by atoms with Crippen molar-refractivity contribution in [1.29, 1.82) is 0 Å². The number of anilines is 3. The molecule has 0 radical (unpaired) electrons. The van der Waals surface area contributed by atoms with Crippen molar-refractivity contribution in [2.75, 3.05) is 16.0 Å². The quantitative estimate of drug-likeness (QED) is 0.192. The van der Waals surface area contributed by atoms with Crippen LogP contribution in [0.2, 0.25) is 10.0 Å². The summed E-state index contributed by atoms with van der Waals surface area (Å²) in [5, 5.41) is 8.64. The lowest BCUT2D eigenvalue weighted by molar-refractivity contribution is -0.116. The molecule has 4 aromatic carbocycles. The smallest absolute Gasteiger partial charge is 0.257 e. The van der Waals surface area contributed by atoms with Gasteiger partial charge < -0.3 is 16.0 Å². The van der Waals surface area contributed by atoms with E-state index in [1.54, 1.807) is 48.5 Å². The number of hydrogen-bond donors (Lipinski definition) is 3. The summed E-state index contributed by atoms with van der Waals surface area (Å²) >= 11 is 13.5. The molecule has 0 aliphatic carbocycles. The minimum Gasteiger partial charge on any atom is -0.326 e. The first-order chi connectivity index (χ1) is 18.3. The van der Waals surface area contributed by atoms with Crippen LogP contribution in [-0.4, -0.2) is 17.7 Å². The van der Waals surface area contributed by atoms with Gasteiger partial charge in [0, 0.05) is 33.9 Å². The van der Waals surface area contributed by atoms with E-state index in [4.69, 9.17) is 23.2 Å². The van der Waals surface area contributed by atoms with Crippen molar-refractivity contribution in [2.24, 2.45) is 0 Å². The maximum atomic E-state index is 13.4. The van der Waals surface area contributed by atoms with Crippen molar-refractivity contribution < 1.29 is 14.4 Å². The molecule has 192 valence electrons. The molecule has 0 aromatic heterocycles. The minimum atomic E-state index is -0.567. The highest BCUT2D eigenvalue weighted by atomic mass is 35.5. The van der Waals surface area contributed by atoms with Crippen molar-refractivity contribution in [2.45, 2.75) is 17.1 Å². The number of thioether (sulfide) groups is 1. The number of benzene rings is 4. The SMILES string of the molecule is CC(=O)Nc1ccc(NC(=O)C(Sc2cccc(NC(=O)c3ccc(Cl)cc3Cl)c2)c2ccccc2)cc1. The maximum Gasteiger partial charge on any atom is 0.257 e. The van der Waals surface area contributed by atoms with Crippen LogP contribution in [0.1, 0.15) is 28.1 Å². The van der Waals surface area contributed by atoms with Crippen LogP contribution in [0.3, 0.4) is 0 Å². The molecule has 0 aliphatic heterocycles. The molecule has 3 N–H and O–H groups in total. The van der Waals surface area contributed by atoms with Gasteiger partial charge in [0.25, 0.3) is 5.91 Å². The summed E-state index contributed by atoms with van der Waals surface area (Å²) in [6.45, 7) is 1.44. The van der Waals surface area contributed by atoms with Gasteiger partial charge in [0.2, 0.25) is 11.8 Å². The molecule has 0 fully saturated rings. The fraction of sp³-hybridized carbons (Fsp3) is 0.0690. The van der Waals surface area contributed by atoms with Crippen molar-refractivity contribution in [3.05, 3.63) is 118 Å². The molecule has 4 aromatic rings. The van der Waals surface area contributed by atoms with Crippen LogP contribution >= 0.6 is 35.0 Å². The van der Waals surface area contributed by atoms with Gasteiger partial charge in [-0.1, -0.05) is 59.6 Å². The van der Waals surface area contributed by atoms with E-state index in [-0.39, 0.29) is 22.7 Å². The summed E-state index contributed by atoms with van der Waals surface area (Å²) in [6, 6.07) is 28.3. The Morgan fingerprint density at radius 3 is 2.05 bits per heavy atom. The van der Waals surface area contributed by atoms with Crippen LogP contribution in [0.25, 0.3) is 0 Å². The Morgan fingerprint density at radius 1 is 0.711 bits per heavy atom. The summed E-state index contributed by atoms with van der Waals surface area (Å²) in [7, 11) is 0. The zero-order valence-electron chi connectivity index (χ0n) is 20.2. The molecule has 0 saturated carbocycles. The Bertz CT molecular complexity index is 1460. The Balaban J connectivity index is 1.52. The van der Waals surface area contributed by atoms with Crippen LogP contribution in [0.15, 0.2) is 102 Å². The highest BCUT2D eigenvalue weighted by Crippen LogP contribution is 2.37. The number of rotatable bonds is 8. The largest absolute Gasteiger partial charge is 0.326 e. The number of nitrogens with one attached hydrogen (secondary N) is 3. The highest BCUT2D eigenvalue weighted by Gasteiger charge is 2.22. The zero-order valence-corrected chi connectivity index (χ0v) is 22.5. The molecule has 0 bridgehead atoms. The van der Waals surface area contributed by atoms with Gasteiger partial charge in [0.15, 0.2) is 0 Å². The highest BCUT2D eigenvalue weighted by molar-refractivity contribution is 8.00. The monoisotopic (exact) mass is 563 g/mol. The lowest BCUT2D eigenvalue weighted by atomic mass is 10.1. The van der Waals surface area contributed by atoms with E-state index in [1.807, 2.05) is 42.5 Å². The molecule has 9 heteroatoms. The Labute approximate surface area is 234 Å². The average molecular weight is 564 g/mol. The van der Waals surface area contributed by atoms with Gasteiger partial charge in [-0.15, -0.1) is 11.8 Å². The molecular formula is C29H23Cl2N3O3S. The second kappa shape index (κ2) is 12.6. The van der Waals surface area contributed by atoms with E-state index in [0.29, 0.717) is 27.6 Å². The predicted molar refractivity (Wildman–Crippen MR) is 155 cm³/mol. The summed E-state index contributed by atoms with van der Waals surface area (Å²) in [5.74, 6) is -0.748. The van der Waals surface area contributed by atoms with Crippen LogP contribution in [0.4, 0.5) is 17.1 Å². The van der Waals surface area contributed by atoms with E-state index >= 15 is 0 Å². The fourth-order valence-electron chi connectivity index (χ4n) is 3.60. The third kappa shape index (κ3) is 7.38. The molecule has 1 unspecified atom stereocenters. The molecule has 0 saturated heterocycles. The first-order valence-electron chi connectivity index (χ1n) is 11.5. The molecule has 6 nitrogen and oxygen atoms in total. The van der Waals surface area contributed by atoms with E-state index in [2.05, 4.69) is 16.0 Å². The Hall–Kier alpha value is -3.78. The number of carbonyl (C=O) groups is 3. The van der Waals surface area contributed by atoms with Gasteiger partial charge in [-0.3, -0.25) is 14.4 Å². The minimum absolute atomic E-state index is 0.169. The van der Waals surface area contributed by atoms with Crippen LogP contribution < -0.4 is 16.0 Å². The number of amides is 3. The third-order valence-electron chi connectivity index (χ3n) is 5.33. The summed E-state index contributed by atoms with van der Waals surface area (Å²) in [6.07, 6.45) is 0. The Morgan fingerprint density at radius 2 is 1.39 bits per heavy atom. The number of halogens is 2. The first kappa shape index (κ1) is 27.3. The number of carbonyl (C=O) groups excluding carboxylic acids is 3. The molecule has 3 amide bonds. The zero-order chi connectivity index (χ0) is 27.1. The van der Waals surface area contributed by atoms with Gasteiger partial charge in [-0.2, -0.15) is 0 Å². The molecule has 38 heavy (non-hydrogen) atoms.